The Balaban J connectivity index is 1.49. The number of aromatic amines is 1. The second-order valence-electron chi connectivity index (χ2n) is 8.95. The molecule has 5 rings (SSSR count). The smallest absolute Gasteiger partial charge is 0.256 e. The number of likely N-dealkylation sites (tertiary alicyclic amines) is 1. The van der Waals surface area contributed by atoms with Gasteiger partial charge in [-0.25, -0.2) is 19.3 Å². The van der Waals surface area contributed by atoms with Gasteiger partial charge in [-0.2, -0.15) is 0 Å². The number of H-pyrrole nitrogens is 1. The molecule has 0 aliphatic carbocycles. The minimum Gasteiger partial charge on any atom is -0.395 e. The van der Waals surface area contributed by atoms with Gasteiger partial charge in [-0.05, 0) is 29.8 Å². The van der Waals surface area contributed by atoms with Gasteiger partial charge in [-0.1, -0.05) is 30.3 Å². The number of piperidine rings is 1. The fourth-order valence-corrected chi connectivity index (χ4v) is 4.80. The summed E-state index contributed by atoms with van der Waals surface area (Å²) in [5.41, 5.74) is 2.11. The average molecular weight is 507 g/mol. The summed E-state index contributed by atoms with van der Waals surface area (Å²) in [6.45, 7) is 0.393. The molecule has 0 unspecified atom stereocenters. The zero-order valence-electron chi connectivity index (χ0n) is 20.1. The fraction of sp³-hybridized carbons (Fsp3) is 0.308. The quantitative estimate of drug-likeness (QED) is 0.299. The molecule has 4 atom stereocenters. The van der Waals surface area contributed by atoms with Crippen LogP contribution in [0.1, 0.15) is 27.7 Å². The SMILES string of the molecule is CO[C@H]1[C@H](O)[C@@H](CO)N(Cc2ccc(F)cc2)C[C@@H]1c1nc(NC(=O)c2ccccc2)c2[nH]cnc2n1. The molecule has 1 amide bonds. The Hall–Kier alpha value is -3.77. The molecular formula is C26H27FN6O4. The highest BCUT2D eigenvalue weighted by molar-refractivity contribution is 6.06. The first-order valence-corrected chi connectivity index (χ1v) is 11.9. The van der Waals surface area contributed by atoms with Gasteiger partial charge in [0.2, 0.25) is 0 Å². The van der Waals surface area contributed by atoms with Crippen LogP contribution in [0.25, 0.3) is 11.2 Å². The average Bonchev–Trinajstić information content (AvgIpc) is 3.39. The number of imidazole rings is 1. The van der Waals surface area contributed by atoms with Crippen molar-refractivity contribution in [1.29, 1.82) is 0 Å². The van der Waals surface area contributed by atoms with Crippen molar-refractivity contribution < 1.29 is 24.1 Å². The molecule has 1 aliphatic rings. The molecule has 192 valence electrons. The number of ether oxygens (including phenoxy) is 1. The van der Waals surface area contributed by atoms with E-state index in [2.05, 4.69) is 25.3 Å². The number of hydrogen-bond acceptors (Lipinski definition) is 8. The van der Waals surface area contributed by atoms with E-state index < -0.39 is 24.2 Å². The number of methoxy groups -OCH3 is 1. The van der Waals surface area contributed by atoms with Gasteiger partial charge >= 0.3 is 0 Å². The maximum atomic E-state index is 13.4. The number of aliphatic hydroxyl groups excluding tert-OH is 2. The van der Waals surface area contributed by atoms with Crippen LogP contribution in [0.4, 0.5) is 10.2 Å². The molecule has 10 nitrogen and oxygen atoms in total. The monoisotopic (exact) mass is 506 g/mol. The van der Waals surface area contributed by atoms with Crippen LogP contribution in [0, 0.1) is 5.82 Å². The van der Waals surface area contributed by atoms with Crippen molar-refractivity contribution in [3.8, 4) is 0 Å². The van der Waals surface area contributed by atoms with E-state index in [0.29, 0.717) is 35.6 Å². The number of aliphatic hydroxyl groups is 2. The van der Waals surface area contributed by atoms with E-state index in [1.165, 1.54) is 25.6 Å². The summed E-state index contributed by atoms with van der Waals surface area (Å²) in [6, 6.07) is 14.2. The van der Waals surface area contributed by atoms with Crippen molar-refractivity contribution >= 4 is 22.9 Å². The molecule has 37 heavy (non-hydrogen) atoms. The van der Waals surface area contributed by atoms with Crippen molar-refractivity contribution in [1.82, 2.24) is 24.8 Å². The molecule has 11 heteroatoms. The molecule has 0 saturated carbocycles. The second kappa shape index (κ2) is 10.7. The number of carbonyl (C=O) groups is 1. The Morgan fingerprint density at radius 2 is 1.95 bits per heavy atom. The van der Waals surface area contributed by atoms with Crippen LogP contribution in [0.2, 0.25) is 0 Å². The van der Waals surface area contributed by atoms with Gasteiger partial charge in [0.05, 0.1) is 37.1 Å². The largest absolute Gasteiger partial charge is 0.395 e. The van der Waals surface area contributed by atoms with Crippen molar-refractivity contribution in [3.05, 3.63) is 83.7 Å². The topological polar surface area (TPSA) is 136 Å². The van der Waals surface area contributed by atoms with Crippen molar-refractivity contribution in [2.45, 2.75) is 30.7 Å². The first-order chi connectivity index (χ1) is 18.0. The number of nitrogens with one attached hydrogen (secondary N) is 2. The van der Waals surface area contributed by atoms with Crippen molar-refractivity contribution in [2.75, 3.05) is 25.6 Å². The first-order valence-electron chi connectivity index (χ1n) is 11.9. The van der Waals surface area contributed by atoms with Gasteiger partial charge in [-0.15, -0.1) is 0 Å². The van der Waals surface area contributed by atoms with Crippen LogP contribution in [-0.2, 0) is 11.3 Å². The van der Waals surface area contributed by atoms with Crippen molar-refractivity contribution in [3.63, 3.8) is 0 Å². The Labute approximate surface area is 212 Å². The molecule has 1 saturated heterocycles. The van der Waals surface area contributed by atoms with Crippen LogP contribution in [0.5, 0.6) is 0 Å². The number of aromatic nitrogens is 4. The van der Waals surface area contributed by atoms with Crippen molar-refractivity contribution in [2.24, 2.45) is 0 Å². The van der Waals surface area contributed by atoms with Crippen LogP contribution in [0.3, 0.4) is 0 Å². The van der Waals surface area contributed by atoms with E-state index >= 15 is 0 Å². The Morgan fingerprint density at radius 3 is 2.65 bits per heavy atom. The van der Waals surface area contributed by atoms with Gasteiger partial charge in [0.1, 0.15) is 17.2 Å². The van der Waals surface area contributed by atoms with E-state index in [9.17, 15) is 19.4 Å². The zero-order chi connectivity index (χ0) is 25.9. The zero-order valence-corrected chi connectivity index (χ0v) is 20.1. The third-order valence-corrected chi connectivity index (χ3v) is 6.69. The summed E-state index contributed by atoms with van der Waals surface area (Å²) in [5.74, 6) is -0.619. The predicted octanol–water partition coefficient (Wildman–Crippen LogP) is 2.08. The molecule has 2 aromatic carbocycles. The van der Waals surface area contributed by atoms with Crippen LogP contribution in [-0.4, -0.2) is 79.5 Å². The Bertz CT molecular complexity index is 1370. The number of halogens is 1. The van der Waals surface area contributed by atoms with E-state index in [1.807, 2.05) is 11.0 Å². The highest BCUT2D eigenvalue weighted by Gasteiger charge is 2.45. The van der Waals surface area contributed by atoms with E-state index in [0.717, 1.165) is 5.56 Å². The fourth-order valence-electron chi connectivity index (χ4n) is 4.80. The third kappa shape index (κ3) is 5.07. The molecule has 0 spiro atoms. The molecule has 0 radical (unpaired) electrons. The number of nitrogens with zero attached hydrogens (tertiary/aromatic N) is 4. The molecular weight excluding hydrogens is 479 g/mol. The van der Waals surface area contributed by atoms with Gasteiger partial charge in [0.15, 0.2) is 11.5 Å². The number of hydrogen-bond donors (Lipinski definition) is 4. The predicted molar refractivity (Wildman–Crippen MR) is 133 cm³/mol. The van der Waals surface area contributed by atoms with E-state index in [4.69, 9.17) is 4.74 Å². The van der Waals surface area contributed by atoms with Gasteiger partial charge in [0.25, 0.3) is 5.91 Å². The minimum atomic E-state index is -1.06. The summed E-state index contributed by atoms with van der Waals surface area (Å²) >= 11 is 0. The lowest BCUT2D eigenvalue weighted by Gasteiger charge is -2.45. The third-order valence-electron chi connectivity index (χ3n) is 6.69. The lowest BCUT2D eigenvalue weighted by Crippen LogP contribution is -2.59. The van der Waals surface area contributed by atoms with Gasteiger partial charge in [-0.3, -0.25) is 9.69 Å². The van der Waals surface area contributed by atoms with Crippen LogP contribution < -0.4 is 5.32 Å². The molecule has 2 aromatic heterocycles. The number of benzene rings is 2. The highest BCUT2D eigenvalue weighted by atomic mass is 19.1. The van der Waals surface area contributed by atoms with E-state index in [-0.39, 0.29) is 24.1 Å². The molecule has 1 fully saturated rings. The van der Waals surface area contributed by atoms with Crippen LogP contribution >= 0.6 is 0 Å². The lowest BCUT2D eigenvalue weighted by atomic mass is 9.86. The summed E-state index contributed by atoms with van der Waals surface area (Å²) in [5, 5.41) is 24.1. The van der Waals surface area contributed by atoms with Gasteiger partial charge in [0, 0.05) is 25.8 Å². The normalized spacial score (nSPS) is 22.3. The highest BCUT2D eigenvalue weighted by Crippen LogP contribution is 2.33. The molecule has 4 aromatic rings. The van der Waals surface area contributed by atoms with Gasteiger partial charge < -0.3 is 25.3 Å². The minimum absolute atomic E-state index is 0.255. The van der Waals surface area contributed by atoms with Crippen LogP contribution in [0.15, 0.2) is 60.9 Å². The Morgan fingerprint density at radius 1 is 1.19 bits per heavy atom. The number of fused-ring (bicyclic) bond motifs is 1. The number of carbonyl (C=O) groups excluding carboxylic acids is 1. The number of amides is 1. The summed E-state index contributed by atoms with van der Waals surface area (Å²) in [6.07, 6.45) is -0.321. The maximum absolute atomic E-state index is 13.4. The second-order valence-corrected chi connectivity index (χ2v) is 8.95. The maximum Gasteiger partial charge on any atom is 0.256 e. The molecule has 1 aliphatic heterocycles. The Kier molecular flexibility index (Phi) is 7.19. The number of anilines is 1. The molecule has 4 N–H and O–H groups in total. The summed E-state index contributed by atoms with van der Waals surface area (Å²) in [7, 11) is 1.48. The van der Waals surface area contributed by atoms with E-state index in [1.54, 1.807) is 36.4 Å². The summed E-state index contributed by atoms with van der Waals surface area (Å²) < 4.78 is 19.1. The first kappa shape index (κ1) is 24.9. The molecule has 0 bridgehead atoms. The lowest BCUT2D eigenvalue weighted by molar-refractivity contribution is -0.118. The summed E-state index contributed by atoms with van der Waals surface area (Å²) in [4.78, 5) is 31.3. The molecule has 3 heterocycles. The standard InChI is InChI=1S/C26H27FN6O4/c1-37-22-18(12-33(19(13-34)21(22)35)11-15-7-9-17(27)10-8-15)23-30-24-20(28-14-29-24)25(31-23)32-26(36)16-5-3-2-4-6-16/h2-10,14,18-19,21-22,34-35H,11-13H2,1H3,(H2,28,29,30,31,32,36)/t18-,19+,21+,22+/m0/s1. The number of rotatable bonds is 7.